The minimum atomic E-state index is -1.24. The Balaban J connectivity index is 1.85. The highest BCUT2D eigenvalue weighted by Crippen LogP contribution is 2.27. The van der Waals surface area contributed by atoms with Gasteiger partial charge in [-0.2, -0.15) is 4.98 Å². The van der Waals surface area contributed by atoms with Crippen LogP contribution in [0.15, 0.2) is 71.7 Å². The maximum atomic E-state index is 13.0. The van der Waals surface area contributed by atoms with E-state index >= 15 is 0 Å². The number of hydrogen-bond acceptors (Lipinski definition) is 5. The fraction of sp³-hybridized carbons (Fsp3) is 0.100. The number of nitrogens with zero attached hydrogens (tertiary/aromatic N) is 2. The number of aromatic hydroxyl groups is 1. The molecule has 0 radical (unpaired) electrons. The third kappa shape index (κ3) is 2.76. The number of hydrogen-bond donors (Lipinski definition) is 3. The normalized spacial score (nSPS) is 15.7. The van der Waals surface area contributed by atoms with Gasteiger partial charge in [0.25, 0.3) is 5.56 Å². The molecule has 1 aliphatic rings. The predicted molar refractivity (Wildman–Crippen MR) is 97.3 cm³/mol. The molecular formula is C20H17N3O3. The molecule has 0 aliphatic carbocycles. The number of aliphatic hydroxyl groups excluding tert-OH is 1. The Bertz CT molecular complexity index is 1030. The first-order chi connectivity index (χ1) is 12.6. The quantitative estimate of drug-likeness (QED) is 0.674. The van der Waals surface area contributed by atoms with Crippen LogP contribution in [0.4, 0.5) is 0 Å². The minimum Gasteiger partial charge on any atom is -0.493 e. The second kappa shape index (κ2) is 6.50. The van der Waals surface area contributed by atoms with E-state index in [9.17, 15) is 15.0 Å². The number of aromatic nitrogens is 2. The van der Waals surface area contributed by atoms with Crippen LogP contribution in [0.1, 0.15) is 28.9 Å². The van der Waals surface area contributed by atoms with Gasteiger partial charge < -0.3 is 15.5 Å². The zero-order valence-electron chi connectivity index (χ0n) is 13.8. The van der Waals surface area contributed by atoms with Gasteiger partial charge in [0.15, 0.2) is 5.82 Å². The standard InChI is InChI=1S/C20H17N3O3/c24-18-15(11-13-7-3-1-4-8-13)19(25)23-17(22-18)16(12-21-20(23)26)14-9-5-2-6-10-14/h1-10,12,20-21,24,26H,11H2. The van der Waals surface area contributed by atoms with Crippen LogP contribution in [0.2, 0.25) is 0 Å². The molecule has 1 unspecified atom stereocenters. The number of rotatable bonds is 3. The summed E-state index contributed by atoms with van der Waals surface area (Å²) in [5.41, 5.74) is 1.99. The van der Waals surface area contributed by atoms with Crippen molar-refractivity contribution < 1.29 is 10.2 Å². The molecule has 2 heterocycles. The van der Waals surface area contributed by atoms with Crippen molar-refractivity contribution in [1.29, 1.82) is 0 Å². The molecule has 0 amide bonds. The summed E-state index contributed by atoms with van der Waals surface area (Å²) in [6.07, 6.45) is 0.584. The lowest BCUT2D eigenvalue weighted by Gasteiger charge is -2.25. The number of benzene rings is 2. The Morgan fingerprint density at radius 2 is 1.69 bits per heavy atom. The van der Waals surface area contributed by atoms with Crippen LogP contribution in [0.5, 0.6) is 5.88 Å². The maximum Gasteiger partial charge on any atom is 0.264 e. The van der Waals surface area contributed by atoms with E-state index in [-0.39, 0.29) is 23.7 Å². The molecule has 3 aromatic rings. The van der Waals surface area contributed by atoms with Crippen molar-refractivity contribution in [3.63, 3.8) is 0 Å². The van der Waals surface area contributed by atoms with E-state index in [0.717, 1.165) is 11.1 Å². The van der Waals surface area contributed by atoms with E-state index in [2.05, 4.69) is 10.3 Å². The predicted octanol–water partition coefficient (Wildman–Crippen LogP) is 1.98. The Morgan fingerprint density at radius 3 is 2.38 bits per heavy atom. The Labute approximate surface area is 149 Å². The van der Waals surface area contributed by atoms with Crippen molar-refractivity contribution >= 4 is 5.57 Å². The molecule has 2 aromatic carbocycles. The van der Waals surface area contributed by atoms with Crippen LogP contribution < -0.4 is 10.9 Å². The van der Waals surface area contributed by atoms with Crippen LogP contribution in [0.3, 0.4) is 0 Å². The van der Waals surface area contributed by atoms with Gasteiger partial charge in [0, 0.05) is 18.2 Å². The topological polar surface area (TPSA) is 87.4 Å². The second-order valence-electron chi connectivity index (χ2n) is 6.04. The van der Waals surface area contributed by atoms with Gasteiger partial charge in [0.2, 0.25) is 12.2 Å². The highest BCUT2D eigenvalue weighted by molar-refractivity contribution is 5.77. The van der Waals surface area contributed by atoms with E-state index in [1.807, 2.05) is 60.7 Å². The highest BCUT2D eigenvalue weighted by Gasteiger charge is 2.26. The molecular weight excluding hydrogens is 330 g/mol. The highest BCUT2D eigenvalue weighted by atomic mass is 16.3. The van der Waals surface area contributed by atoms with Crippen LogP contribution >= 0.6 is 0 Å². The molecule has 1 atom stereocenters. The molecule has 6 heteroatoms. The SMILES string of the molecule is O=c1c(Cc2ccccc2)c(O)nc2n1C(O)NC=C2c1ccccc1. The second-order valence-corrected chi connectivity index (χ2v) is 6.04. The Morgan fingerprint density at radius 1 is 1.04 bits per heavy atom. The van der Waals surface area contributed by atoms with Crippen molar-refractivity contribution in [3.05, 3.63) is 99.7 Å². The van der Waals surface area contributed by atoms with E-state index in [1.54, 1.807) is 6.20 Å². The van der Waals surface area contributed by atoms with Gasteiger partial charge in [-0.25, -0.2) is 4.57 Å². The van der Waals surface area contributed by atoms with Crippen LogP contribution in [-0.4, -0.2) is 19.8 Å². The van der Waals surface area contributed by atoms with Crippen molar-refractivity contribution in [2.24, 2.45) is 0 Å². The van der Waals surface area contributed by atoms with Gasteiger partial charge in [0.1, 0.15) is 0 Å². The van der Waals surface area contributed by atoms with Crippen molar-refractivity contribution in [2.45, 2.75) is 12.8 Å². The average Bonchev–Trinajstić information content (AvgIpc) is 2.66. The molecule has 0 saturated carbocycles. The molecule has 4 rings (SSSR count). The first-order valence-electron chi connectivity index (χ1n) is 8.23. The fourth-order valence-corrected chi connectivity index (χ4v) is 3.06. The molecule has 0 bridgehead atoms. The van der Waals surface area contributed by atoms with Gasteiger partial charge in [-0.15, -0.1) is 0 Å². The summed E-state index contributed by atoms with van der Waals surface area (Å²) in [7, 11) is 0. The monoisotopic (exact) mass is 347 g/mol. The molecule has 130 valence electrons. The summed E-state index contributed by atoms with van der Waals surface area (Å²) >= 11 is 0. The third-order valence-electron chi connectivity index (χ3n) is 4.36. The zero-order chi connectivity index (χ0) is 18.1. The Hall–Kier alpha value is -3.38. The summed E-state index contributed by atoms with van der Waals surface area (Å²) in [5, 5.41) is 23.5. The van der Waals surface area contributed by atoms with E-state index < -0.39 is 11.9 Å². The maximum absolute atomic E-state index is 13.0. The van der Waals surface area contributed by atoms with Gasteiger partial charge in [0.05, 0.1) is 5.56 Å². The lowest BCUT2D eigenvalue weighted by molar-refractivity contribution is 0.0732. The van der Waals surface area contributed by atoms with Crippen molar-refractivity contribution in [1.82, 2.24) is 14.9 Å². The largest absolute Gasteiger partial charge is 0.493 e. The molecule has 1 aromatic heterocycles. The van der Waals surface area contributed by atoms with Crippen LogP contribution in [0.25, 0.3) is 5.57 Å². The summed E-state index contributed by atoms with van der Waals surface area (Å²) in [6.45, 7) is 0. The number of fused-ring (bicyclic) bond motifs is 1. The van der Waals surface area contributed by atoms with E-state index in [0.29, 0.717) is 5.57 Å². The summed E-state index contributed by atoms with van der Waals surface area (Å²) in [6, 6.07) is 18.7. The third-order valence-corrected chi connectivity index (χ3v) is 4.36. The summed E-state index contributed by atoms with van der Waals surface area (Å²) in [5.74, 6) is -0.0946. The zero-order valence-corrected chi connectivity index (χ0v) is 13.8. The lowest BCUT2D eigenvalue weighted by atomic mass is 10.0. The molecule has 1 aliphatic heterocycles. The van der Waals surface area contributed by atoms with Gasteiger partial charge in [-0.3, -0.25) is 4.79 Å². The lowest BCUT2D eigenvalue weighted by Crippen LogP contribution is -2.39. The van der Waals surface area contributed by atoms with Gasteiger partial charge >= 0.3 is 0 Å². The minimum absolute atomic E-state index is 0.148. The first kappa shape index (κ1) is 16.1. The molecule has 6 nitrogen and oxygen atoms in total. The van der Waals surface area contributed by atoms with Crippen LogP contribution in [0, 0.1) is 0 Å². The van der Waals surface area contributed by atoms with Crippen LogP contribution in [-0.2, 0) is 6.42 Å². The van der Waals surface area contributed by atoms with E-state index in [1.165, 1.54) is 4.57 Å². The average molecular weight is 347 g/mol. The van der Waals surface area contributed by atoms with Gasteiger partial charge in [-0.05, 0) is 11.1 Å². The molecule has 0 spiro atoms. The number of aliphatic hydroxyl groups is 1. The molecule has 0 fully saturated rings. The first-order valence-corrected chi connectivity index (χ1v) is 8.23. The van der Waals surface area contributed by atoms with Crippen molar-refractivity contribution in [3.8, 4) is 5.88 Å². The molecule has 3 N–H and O–H groups in total. The summed E-state index contributed by atoms with van der Waals surface area (Å²) in [4.78, 5) is 17.2. The van der Waals surface area contributed by atoms with E-state index in [4.69, 9.17) is 0 Å². The van der Waals surface area contributed by atoms with Crippen molar-refractivity contribution in [2.75, 3.05) is 0 Å². The Kier molecular flexibility index (Phi) is 4.02. The molecule has 26 heavy (non-hydrogen) atoms. The van der Waals surface area contributed by atoms with Gasteiger partial charge in [-0.1, -0.05) is 60.7 Å². The molecule has 0 saturated heterocycles. The number of nitrogens with one attached hydrogen (secondary N) is 1. The fourth-order valence-electron chi connectivity index (χ4n) is 3.06. The smallest absolute Gasteiger partial charge is 0.264 e. The summed E-state index contributed by atoms with van der Waals surface area (Å²) < 4.78 is 1.17.